The maximum atomic E-state index is 12.3. The third-order valence-corrected chi connectivity index (χ3v) is 3.71. The number of Topliss-reactive ketones (excluding diaryl/α,β-unsaturated/α-hetero) is 1. The Kier molecular flexibility index (Phi) is 4.02. The lowest BCUT2D eigenvalue weighted by Gasteiger charge is -2.32. The van der Waals surface area contributed by atoms with E-state index in [2.05, 4.69) is 5.10 Å². The molecule has 1 atom stereocenters. The van der Waals surface area contributed by atoms with E-state index in [1.165, 1.54) is 0 Å². The first-order chi connectivity index (χ1) is 9.08. The summed E-state index contributed by atoms with van der Waals surface area (Å²) in [7, 11) is 1.82. The van der Waals surface area contributed by atoms with Gasteiger partial charge in [-0.15, -0.1) is 0 Å². The highest BCUT2D eigenvalue weighted by molar-refractivity contribution is 6.04. The van der Waals surface area contributed by atoms with Crippen LogP contribution in [0.15, 0.2) is 12.3 Å². The predicted molar refractivity (Wildman–Crippen MR) is 69.5 cm³/mol. The molecule has 0 saturated heterocycles. The van der Waals surface area contributed by atoms with E-state index < -0.39 is 5.41 Å². The molecule has 19 heavy (non-hydrogen) atoms. The Balaban J connectivity index is 2.27. The average Bonchev–Trinajstić information content (AvgIpc) is 2.78. The number of esters is 1. The van der Waals surface area contributed by atoms with Gasteiger partial charge in [-0.25, -0.2) is 0 Å². The van der Waals surface area contributed by atoms with Gasteiger partial charge < -0.3 is 4.74 Å². The molecule has 0 N–H and O–H groups in total. The summed E-state index contributed by atoms with van der Waals surface area (Å²) in [6.45, 7) is 2.07. The summed E-state index contributed by atoms with van der Waals surface area (Å²) in [4.78, 5) is 24.6. The number of aryl methyl sites for hydroxylation is 1. The molecule has 104 valence electrons. The van der Waals surface area contributed by atoms with E-state index in [9.17, 15) is 9.59 Å². The SMILES string of the molecule is CCOC(=O)C1(Cc2ccn(C)n2)CCCCC1=O. The molecule has 1 aromatic heterocycles. The summed E-state index contributed by atoms with van der Waals surface area (Å²) in [6.07, 6.45) is 4.96. The number of aromatic nitrogens is 2. The zero-order valence-corrected chi connectivity index (χ0v) is 11.5. The number of rotatable bonds is 4. The second-order valence-electron chi connectivity index (χ2n) is 5.09. The van der Waals surface area contributed by atoms with Gasteiger partial charge in [0.1, 0.15) is 5.41 Å². The summed E-state index contributed by atoms with van der Waals surface area (Å²) >= 11 is 0. The smallest absolute Gasteiger partial charge is 0.320 e. The van der Waals surface area contributed by atoms with Crippen molar-refractivity contribution in [2.75, 3.05) is 6.61 Å². The van der Waals surface area contributed by atoms with Crippen LogP contribution in [-0.2, 0) is 27.8 Å². The molecule has 1 aliphatic carbocycles. The fourth-order valence-electron chi connectivity index (χ4n) is 2.70. The molecule has 1 saturated carbocycles. The molecular weight excluding hydrogens is 244 g/mol. The number of nitrogens with zero attached hydrogens (tertiary/aromatic N) is 2. The maximum absolute atomic E-state index is 12.3. The molecule has 0 radical (unpaired) electrons. The van der Waals surface area contributed by atoms with Crippen LogP contribution in [0, 0.1) is 5.41 Å². The molecule has 0 aromatic carbocycles. The van der Waals surface area contributed by atoms with Crippen molar-refractivity contribution in [3.8, 4) is 0 Å². The molecule has 5 heteroatoms. The van der Waals surface area contributed by atoms with Crippen LogP contribution in [0.4, 0.5) is 0 Å². The van der Waals surface area contributed by atoms with Gasteiger partial charge in [0.25, 0.3) is 0 Å². The van der Waals surface area contributed by atoms with Gasteiger partial charge in [0, 0.05) is 26.1 Å². The first-order valence-corrected chi connectivity index (χ1v) is 6.77. The minimum absolute atomic E-state index is 0.00264. The van der Waals surface area contributed by atoms with Gasteiger partial charge in [0.05, 0.1) is 12.3 Å². The van der Waals surface area contributed by atoms with Crippen molar-refractivity contribution in [2.24, 2.45) is 12.5 Å². The van der Waals surface area contributed by atoms with E-state index in [-0.39, 0.29) is 11.8 Å². The number of hydrogen-bond donors (Lipinski definition) is 0. The highest BCUT2D eigenvalue weighted by Crippen LogP contribution is 2.37. The van der Waals surface area contributed by atoms with Crippen LogP contribution < -0.4 is 0 Å². The zero-order valence-electron chi connectivity index (χ0n) is 11.5. The summed E-state index contributed by atoms with van der Waals surface area (Å²) in [5, 5.41) is 4.28. The number of carbonyl (C=O) groups is 2. The van der Waals surface area contributed by atoms with Crippen LogP contribution in [0.2, 0.25) is 0 Å². The van der Waals surface area contributed by atoms with Crippen molar-refractivity contribution >= 4 is 11.8 Å². The second-order valence-corrected chi connectivity index (χ2v) is 5.09. The van der Waals surface area contributed by atoms with Crippen molar-refractivity contribution in [1.82, 2.24) is 9.78 Å². The Hall–Kier alpha value is -1.65. The van der Waals surface area contributed by atoms with Crippen LogP contribution in [0.3, 0.4) is 0 Å². The molecular formula is C14H20N2O3. The minimum Gasteiger partial charge on any atom is -0.465 e. The number of ketones is 1. The lowest BCUT2D eigenvalue weighted by atomic mass is 9.70. The molecule has 0 bridgehead atoms. The lowest BCUT2D eigenvalue weighted by molar-refractivity contribution is -0.162. The Morgan fingerprint density at radius 1 is 1.53 bits per heavy atom. The summed E-state index contributed by atoms with van der Waals surface area (Å²) < 4.78 is 6.82. The molecule has 1 aliphatic rings. The Labute approximate surface area is 112 Å². The molecule has 1 aromatic rings. The zero-order chi connectivity index (χ0) is 13.9. The highest BCUT2D eigenvalue weighted by Gasteiger charge is 2.48. The van der Waals surface area contributed by atoms with Gasteiger partial charge in [-0.3, -0.25) is 14.3 Å². The van der Waals surface area contributed by atoms with Gasteiger partial charge in [0.15, 0.2) is 5.78 Å². The van der Waals surface area contributed by atoms with Crippen LogP contribution in [-0.4, -0.2) is 28.1 Å². The molecule has 1 heterocycles. The summed E-state index contributed by atoms with van der Waals surface area (Å²) in [5.74, 6) is -0.381. The summed E-state index contributed by atoms with van der Waals surface area (Å²) in [6, 6.07) is 1.85. The van der Waals surface area contributed by atoms with Gasteiger partial charge >= 0.3 is 5.97 Å². The molecule has 5 nitrogen and oxygen atoms in total. The Morgan fingerprint density at radius 2 is 2.32 bits per heavy atom. The van der Waals surface area contributed by atoms with Crippen molar-refractivity contribution in [3.05, 3.63) is 18.0 Å². The van der Waals surface area contributed by atoms with Crippen molar-refractivity contribution < 1.29 is 14.3 Å². The fourth-order valence-corrected chi connectivity index (χ4v) is 2.70. The van der Waals surface area contributed by atoms with Crippen LogP contribution in [0.5, 0.6) is 0 Å². The predicted octanol–water partition coefficient (Wildman–Crippen LogP) is 1.66. The molecule has 0 spiro atoms. The molecule has 0 amide bonds. The first kappa shape index (κ1) is 13.8. The van der Waals surface area contributed by atoms with Crippen molar-refractivity contribution in [2.45, 2.75) is 39.0 Å². The number of hydrogen-bond acceptors (Lipinski definition) is 4. The van der Waals surface area contributed by atoms with E-state index in [1.807, 2.05) is 19.3 Å². The topological polar surface area (TPSA) is 61.2 Å². The van der Waals surface area contributed by atoms with Gasteiger partial charge in [-0.05, 0) is 25.8 Å². The van der Waals surface area contributed by atoms with E-state index in [0.29, 0.717) is 25.9 Å². The fraction of sp³-hybridized carbons (Fsp3) is 0.643. The normalized spacial score (nSPS) is 23.4. The third kappa shape index (κ3) is 2.69. The first-order valence-electron chi connectivity index (χ1n) is 6.77. The Morgan fingerprint density at radius 3 is 2.89 bits per heavy atom. The van der Waals surface area contributed by atoms with Crippen LogP contribution >= 0.6 is 0 Å². The summed E-state index contributed by atoms with van der Waals surface area (Å²) in [5.41, 5.74) is -0.242. The second kappa shape index (κ2) is 5.55. The molecule has 1 unspecified atom stereocenters. The number of ether oxygens (including phenoxy) is 1. The van der Waals surface area contributed by atoms with E-state index in [4.69, 9.17) is 4.74 Å². The van der Waals surface area contributed by atoms with Crippen LogP contribution in [0.25, 0.3) is 0 Å². The van der Waals surface area contributed by atoms with Crippen molar-refractivity contribution in [1.29, 1.82) is 0 Å². The standard InChI is InChI=1S/C14H20N2O3/c1-3-19-13(18)14(8-5-4-6-12(14)17)10-11-7-9-16(2)15-11/h7,9H,3-6,8,10H2,1-2H3. The van der Waals surface area contributed by atoms with Gasteiger partial charge in [0.2, 0.25) is 0 Å². The van der Waals surface area contributed by atoms with Gasteiger partial charge in [-0.2, -0.15) is 5.10 Å². The molecule has 0 aliphatic heterocycles. The number of carbonyl (C=O) groups excluding carboxylic acids is 2. The third-order valence-electron chi connectivity index (χ3n) is 3.71. The van der Waals surface area contributed by atoms with E-state index in [0.717, 1.165) is 18.5 Å². The highest BCUT2D eigenvalue weighted by atomic mass is 16.5. The molecule has 1 fully saturated rings. The largest absolute Gasteiger partial charge is 0.465 e. The average molecular weight is 264 g/mol. The minimum atomic E-state index is -1.01. The lowest BCUT2D eigenvalue weighted by Crippen LogP contribution is -2.44. The van der Waals surface area contributed by atoms with Crippen LogP contribution in [0.1, 0.15) is 38.3 Å². The van der Waals surface area contributed by atoms with E-state index >= 15 is 0 Å². The van der Waals surface area contributed by atoms with Crippen molar-refractivity contribution in [3.63, 3.8) is 0 Å². The van der Waals surface area contributed by atoms with E-state index in [1.54, 1.807) is 11.6 Å². The quantitative estimate of drug-likeness (QED) is 0.613. The van der Waals surface area contributed by atoms with Gasteiger partial charge in [-0.1, -0.05) is 6.42 Å². The maximum Gasteiger partial charge on any atom is 0.320 e. The Bertz CT molecular complexity index is 481. The molecule has 2 rings (SSSR count). The monoisotopic (exact) mass is 264 g/mol.